The fourth-order valence-corrected chi connectivity index (χ4v) is 3.83. The molecule has 1 N–H and O–H groups in total. The molecular weight excluding hydrogens is 437 g/mol. The van der Waals surface area contributed by atoms with Gasteiger partial charge in [-0.15, -0.1) is 11.3 Å². The van der Waals surface area contributed by atoms with Gasteiger partial charge in [0.25, 0.3) is 0 Å². The zero-order valence-corrected chi connectivity index (χ0v) is 18.1. The molecule has 1 heterocycles. The quantitative estimate of drug-likeness (QED) is 0.238. The third kappa shape index (κ3) is 5.39. The van der Waals surface area contributed by atoms with Crippen LogP contribution in [-0.2, 0) is 6.61 Å². The van der Waals surface area contributed by atoms with Gasteiger partial charge in [-0.3, -0.25) is 5.43 Å². The highest BCUT2D eigenvalue weighted by Crippen LogP contribution is 2.25. The number of nitrogens with one attached hydrogen (secondary N) is 1. The molecular formula is C23H17Cl2N3OS. The number of thiazole rings is 1. The highest BCUT2D eigenvalue weighted by molar-refractivity contribution is 7.14. The van der Waals surface area contributed by atoms with Crippen LogP contribution in [0, 0.1) is 0 Å². The lowest BCUT2D eigenvalue weighted by Gasteiger charge is -2.10. The molecule has 4 aromatic rings. The Labute approximate surface area is 188 Å². The predicted molar refractivity (Wildman–Crippen MR) is 126 cm³/mol. The maximum absolute atomic E-state index is 6.16. The van der Waals surface area contributed by atoms with E-state index in [9.17, 15) is 0 Å². The summed E-state index contributed by atoms with van der Waals surface area (Å²) in [5, 5.41) is 8.28. The monoisotopic (exact) mass is 453 g/mol. The van der Waals surface area contributed by atoms with Crippen molar-refractivity contribution in [2.75, 3.05) is 5.43 Å². The molecule has 4 rings (SSSR count). The first-order valence-corrected chi connectivity index (χ1v) is 10.8. The molecule has 0 amide bonds. The second-order valence-electron chi connectivity index (χ2n) is 6.37. The lowest BCUT2D eigenvalue weighted by atomic mass is 10.2. The maximum atomic E-state index is 6.16. The molecule has 1 aromatic heterocycles. The largest absolute Gasteiger partial charge is 0.488 e. The van der Waals surface area contributed by atoms with E-state index in [4.69, 9.17) is 27.9 Å². The van der Waals surface area contributed by atoms with Gasteiger partial charge in [-0.1, -0.05) is 65.7 Å². The van der Waals surface area contributed by atoms with Gasteiger partial charge >= 0.3 is 0 Å². The van der Waals surface area contributed by atoms with E-state index in [0.29, 0.717) is 27.5 Å². The van der Waals surface area contributed by atoms with Crippen molar-refractivity contribution in [3.63, 3.8) is 0 Å². The summed E-state index contributed by atoms with van der Waals surface area (Å²) in [5.74, 6) is 0.675. The molecule has 0 radical (unpaired) electrons. The van der Waals surface area contributed by atoms with Crippen molar-refractivity contribution in [2.24, 2.45) is 5.10 Å². The fraction of sp³-hybridized carbons (Fsp3) is 0.0435. The van der Waals surface area contributed by atoms with Crippen molar-refractivity contribution in [1.29, 1.82) is 0 Å². The van der Waals surface area contributed by atoms with Crippen LogP contribution in [0.4, 0.5) is 5.13 Å². The Morgan fingerprint density at radius 3 is 2.63 bits per heavy atom. The molecule has 0 aliphatic carbocycles. The average Bonchev–Trinajstić information content (AvgIpc) is 3.23. The lowest BCUT2D eigenvalue weighted by Crippen LogP contribution is -1.99. The van der Waals surface area contributed by atoms with Gasteiger partial charge in [-0.05, 0) is 35.9 Å². The number of benzene rings is 3. The van der Waals surface area contributed by atoms with E-state index in [1.165, 1.54) is 11.3 Å². The minimum atomic E-state index is 0.392. The first-order valence-electron chi connectivity index (χ1n) is 9.14. The molecule has 7 heteroatoms. The maximum Gasteiger partial charge on any atom is 0.203 e. The molecule has 0 spiro atoms. The summed E-state index contributed by atoms with van der Waals surface area (Å²) in [7, 11) is 0. The lowest BCUT2D eigenvalue weighted by molar-refractivity contribution is 0.306. The molecule has 0 aliphatic heterocycles. The molecule has 0 saturated heterocycles. The Kier molecular flexibility index (Phi) is 6.64. The summed E-state index contributed by atoms with van der Waals surface area (Å²) in [5.41, 5.74) is 6.69. The van der Waals surface area contributed by atoms with Gasteiger partial charge in [0.1, 0.15) is 12.4 Å². The number of halogens is 2. The van der Waals surface area contributed by atoms with Crippen LogP contribution in [0.25, 0.3) is 11.3 Å². The van der Waals surface area contributed by atoms with Crippen molar-refractivity contribution >= 4 is 45.9 Å². The zero-order chi connectivity index (χ0) is 20.8. The van der Waals surface area contributed by atoms with E-state index >= 15 is 0 Å². The van der Waals surface area contributed by atoms with Crippen LogP contribution < -0.4 is 10.2 Å². The first kappa shape index (κ1) is 20.4. The van der Waals surface area contributed by atoms with E-state index < -0.39 is 0 Å². The third-order valence-electron chi connectivity index (χ3n) is 4.19. The van der Waals surface area contributed by atoms with Crippen LogP contribution in [0.2, 0.25) is 10.0 Å². The molecule has 0 saturated carbocycles. The minimum absolute atomic E-state index is 0.392. The van der Waals surface area contributed by atoms with Crippen LogP contribution in [0.15, 0.2) is 83.3 Å². The van der Waals surface area contributed by atoms with Crippen LogP contribution in [0.3, 0.4) is 0 Å². The average molecular weight is 454 g/mol. The van der Waals surface area contributed by atoms with Gasteiger partial charge in [-0.2, -0.15) is 5.10 Å². The highest BCUT2D eigenvalue weighted by Gasteiger charge is 2.06. The van der Waals surface area contributed by atoms with E-state index in [-0.39, 0.29) is 0 Å². The molecule has 150 valence electrons. The number of hydrazone groups is 1. The van der Waals surface area contributed by atoms with Crippen molar-refractivity contribution < 1.29 is 4.74 Å². The molecule has 0 unspecified atom stereocenters. The van der Waals surface area contributed by atoms with E-state index in [0.717, 1.165) is 22.4 Å². The van der Waals surface area contributed by atoms with Gasteiger partial charge in [-0.25, -0.2) is 4.98 Å². The minimum Gasteiger partial charge on any atom is -0.488 e. The molecule has 0 fully saturated rings. The van der Waals surface area contributed by atoms with E-state index in [1.807, 2.05) is 66.0 Å². The van der Waals surface area contributed by atoms with Gasteiger partial charge in [0.15, 0.2) is 0 Å². The van der Waals surface area contributed by atoms with Crippen molar-refractivity contribution in [2.45, 2.75) is 6.61 Å². The molecule has 0 atom stereocenters. The van der Waals surface area contributed by atoms with Gasteiger partial charge in [0, 0.05) is 26.6 Å². The molecule has 30 heavy (non-hydrogen) atoms. The van der Waals surface area contributed by atoms with Crippen molar-refractivity contribution in [3.8, 4) is 17.0 Å². The van der Waals surface area contributed by atoms with Crippen molar-refractivity contribution in [1.82, 2.24) is 4.98 Å². The predicted octanol–water partition coefficient (Wildman–Crippen LogP) is 7.14. The number of aromatic nitrogens is 1. The summed E-state index contributed by atoms with van der Waals surface area (Å²) in [6, 6.07) is 23.0. The Bertz CT molecular complexity index is 1160. The molecule has 0 bridgehead atoms. The second kappa shape index (κ2) is 9.76. The van der Waals surface area contributed by atoms with Gasteiger partial charge in [0.05, 0.1) is 11.9 Å². The number of ether oxygens (including phenoxy) is 1. The standard InChI is InChI=1S/C23H17Cl2N3OS/c24-19-8-4-5-16(11-19)14-29-22-10-9-20(25)12-18(22)13-26-28-23-27-21(15-30-23)17-6-2-1-3-7-17/h1-13,15H,14H2,(H,27,28). The Morgan fingerprint density at radius 1 is 0.967 bits per heavy atom. The number of anilines is 1. The van der Waals surface area contributed by atoms with Crippen molar-refractivity contribution in [3.05, 3.63) is 99.3 Å². The van der Waals surface area contributed by atoms with E-state index in [2.05, 4.69) is 15.5 Å². The number of hydrogen-bond donors (Lipinski definition) is 1. The Morgan fingerprint density at radius 2 is 1.80 bits per heavy atom. The van der Waals surface area contributed by atoms with Crippen LogP contribution in [0.1, 0.15) is 11.1 Å². The third-order valence-corrected chi connectivity index (χ3v) is 5.41. The van der Waals surface area contributed by atoms with Crippen LogP contribution in [-0.4, -0.2) is 11.2 Å². The summed E-state index contributed by atoms with van der Waals surface area (Å²) in [6.07, 6.45) is 1.67. The summed E-state index contributed by atoms with van der Waals surface area (Å²) in [4.78, 5) is 4.56. The van der Waals surface area contributed by atoms with Gasteiger partial charge < -0.3 is 4.74 Å². The Hall–Kier alpha value is -2.86. The van der Waals surface area contributed by atoms with Gasteiger partial charge in [0.2, 0.25) is 5.13 Å². The Balaban J connectivity index is 1.44. The molecule has 3 aromatic carbocycles. The van der Waals surface area contributed by atoms with Crippen LogP contribution >= 0.6 is 34.5 Å². The summed E-state index contributed by atoms with van der Waals surface area (Å²) in [6.45, 7) is 0.392. The summed E-state index contributed by atoms with van der Waals surface area (Å²) < 4.78 is 5.95. The number of nitrogens with zero attached hydrogens (tertiary/aromatic N) is 2. The number of hydrogen-bond acceptors (Lipinski definition) is 5. The van der Waals surface area contributed by atoms with Crippen LogP contribution in [0.5, 0.6) is 5.75 Å². The van der Waals surface area contributed by atoms with E-state index in [1.54, 1.807) is 18.3 Å². The zero-order valence-electron chi connectivity index (χ0n) is 15.8. The summed E-state index contributed by atoms with van der Waals surface area (Å²) >= 11 is 13.7. The highest BCUT2D eigenvalue weighted by atomic mass is 35.5. The molecule has 4 nitrogen and oxygen atoms in total. The molecule has 0 aliphatic rings. The first-order chi connectivity index (χ1) is 14.7. The normalized spacial score (nSPS) is 11.0. The number of rotatable bonds is 7. The topological polar surface area (TPSA) is 46.5 Å². The SMILES string of the molecule is Clc1cccc(COc2ccc(Cl)cc2C=NNc2nc(-c3ccccc3)cs2)c1. The smallest absolute Gasteiger partial charge is 0.203 e. The second-order valence-corrected chi connectivity index (χ2v) is 8.11. The fourth-order valence-electron chi connectivity index (χ4n) is 2.76.